The van der Waals surface area contributed by atoms with Gasteiger partial charge in [0.15, 0.2) is 0 Å². The standard InChI is InChI=1S/C19H19ClN4O2/c1-13(19(26)22-15-7-5-6-14(10-15)11-21)24(2)12-18(25)23-17-9-4-3-8-16(17)20/h3-10,13H,12H2,1-2H3,(H,22,26)(H,23,25). The first-order valence-corrected chi connectivity index (χ1v) is 8.34. The van der Waals surface area contributed by atoms with E-state index < -0.39 is 6.04 Å². The average Bonchev–Trinajstić information content (AvgIpc) is 2.63. The Hall–Kier alpha value is -2.88. The second-order valence-electron chi connectivity index (χ2n) is 5.80. The molecular weight excluding hydrogens is 352 g/mol. The van der Waals surface area contributed by atoms with Crippen molar-refractivity contribution in [2.24, 2.45) is 0 Å². The third kappa shape index (κ3) is 5.31. The number of likely N-dealkylation sites (N-methyl/N-ethyl adjacent to an activating group) is 1. The van der Waals surface area contributed by atoms with Crippen molar-refractivity contribution in [3.05, 3.63) is 59.1 Å². The van der Waals surface area contributed by atoms with Crippen LogP contribution < -0.4 is 10.6 Å². The summed E-state index contributed by atoms with van der Waals surface area (Å²) in [5.41, 5.74) is 1.52. The summed E-state index contributed by atoms with van der Waals surface area (Å²) in [4.78, 5) is 26.1. The van der Waals surface area contributed by atoms with Gasteiger partial charge in [0, 0.05) is 5.69 Å². The maximum Gasteiger partial charge on any atom is 0.241 e. The number of benzene rings is 2. The molecular formula is C19H19ClN4O2. The summed E-state index contributed by atoms with van der Waals surface area (Å²) < 4.78 is 0. The smallest absolute Gasteiger partial charge is 0.241 e. The van der Waals surface area contributed by atoms with E-state index >= 15 is 0 Å². The van der Waals surface area contributed by atoms with Crippen molar-refractivity contribution in [1.82, 2.24) is 4.90 Å². The quantitative estimate of drug-likeness (QED) is 0.818. The lowest BCUT2D eigenvalue weighted by atomic mass is 10.2. The van der Waals surface area contributed by atoms with Crippen molar-refractivity contribution >= 4 is 34.8 Å². The van der Waals surface area contributed by atoms with Crippen molar-refractivity contribution in [1.29, 1.82) is 5.26 Å². The van der Waals surface area contributed by atoms with E-state index in [-0.39, 0.29) is 18.4 Å². The number of para-hydroxylation sites is 1. The third-order valence-corrected chi connectivity index (χ3v) is 4.17. The second-order valence-corrected chi connectivity index (χ2v) is 6.21. The molecule has 0 saturated carbocycles. The van der Waals surface area contributed by atoms with Crippen LogP contribution in [0, 0.1) is 11.3 Å². The van der Waals surface area contributed by atoms with Gasteiger partial charge in [-0.25, -0.2) is 0 Å². The molecule has 0 aliphatic heterocycles. The van der Waals surface area contributed by atoms with Gasteiger partial charge in [-0.1, -0.05) is 29.8 Å². The number of hydrogen-bond acceptors (Lipinski definition) is 4. The van der Waals surface area contributed by atoms with E-state index in [4.69, 9.17) is 16.9 Å². The molecule has 0 fully saturated rings. The van der Waals surface area contributed by atoms with Crippen molar-refractivity contribution < 1.29 is 9.59 Å². The molecule has 6 nitrogen and oxygen atoms in total. The first-order chi connectivity index (χ1) is 12.4. The number of nitrogens with zero attached hydrogens (tertiary/aromatic N) is 2. The molecule has 0 aromatic heterocycles. The Labute approximate surface area is 157 Å². The average molecular weight is 371 g/mol. The molecule has 0 aliphatic carbocycles. The van der Waals surface area contributed by atoms with Gasteiger partial charge in [0.25, 0.3) is 0 Å². The number of nitriles is 1. The fourth-order valence-corrected chi connectivity index (χ4v) is 2.41. The lowest BCUT2D eigenvalue weighted by Gasteiger charge is -2.23. The molecule has 2 rings (SSSR count). The summed E-state index contributed by atoms with van der Waals surface area (Å²) in [5, 5.41) is 14.8. The van der Waals surface area contributed by atoms with E-state index in [1.807, 2.05) is 6.07 Å². The van der Waals surface area contributed by atoms with Gasteiger partial charge in [-0.15, -0.1) is 0 Å². The first kappa shape index (κ1) is 19.4. The highest BCUT2D eigenvalue weighted by Gasteiger charge is 2.20. The number of rotatable bonds is 6. The molecule has 0 saturated heterocycles. The van der Waals surface area contributed by atoms with E-state index in [1.54, 1.807) is 67.4 Å². The van der Waals surface area contributed by atoms with Gasteiger partial charge in [-0.2, -0.15) is 5.26 Å². The molecule has 0 radical (unpaired) electrons. The molecule has 26 heavy (non-hydrogen) atoms. The van der Waals surface area contributed by atoms with Crippen LogP contribution in [0.2, 0.25) is 5.02 Å². The van der Waals surface area contributed by atoms with Gasteiger partial charge < -0.3 is 10.6 Å². The van der Waals surface area contributed by atoms with Gasteiger partial charge >= 0.3 is 0 Å². The molecule has 1 atom stereocenters. The lowest BCUT2D eigenvalue weighted by molar-refractivity contribution is -0.122. The largest absolute Gasteiger partial charge is 0.325 e. The van der Waals surface area contributed by atoms with E-state index in [2.05, 4.69) is 10.6 Å². The lowest BCUT2D eigenvalue weighted by Crippen LogP contribution is -2.43. The minimum absolute atomic E-state index is 0.0258. The molecule has 0 aliphatic rings. The van der Waals surface area contributed by atoms with Gasteiger partial charge in [0.2, 0.25) is 11.8 Å². The maximum absolute atomic E-state index is 12.4. The SMILES string of the molecule is CC(C(=O)Nc1cccc(C#N)c1)N(C)CC(=O)Nc1ccccc1Cl. The van der Waals surface area contributed by atoms with Crippen LogP contribution in [-0.2, 0) is 9.59 Å². The van der Waals surface area contributed by atoms with Gasteiger partial charge in [-0.3, -0.25) is 14.5 Å². The summed E-state index contributed by atoms with van der Waals surface area (Å²) in [6, 6.07) is 15.1. The Kier molecular flexibility index (Phi) is 6.73. The number of hydrogen-bond donors (Lipinski definition) is 2. The zero-order valence-electron chi connectivity index (χ0n) is 14.5. The van der Waals surface area contributed by atoms with Gasteiger partial charge in [-0.05, 0) is 44.3 Å². The monoisotopic (exact) mass is 370 g/mol. The Balaban J connectivity index is 1.92. The zero-order chi connectivity index (χ0) is 19.1. The van der Waals surface area contributed by atoms with Crippen LogP contribution >= 0.6 is 11.6 Å². The summed E-state index contributed by atoms with van der Waals surface area (Å²) >= 11 is 6.02. The van der Waals surface area contributed by atoms with Crippen LogP contribution in [-0.4, -0.2) is 36.3 Å². The zero-order valence-corrected chi connectivity index (χ0v) is 15.2. The van der Waals surface area contributed by atoms with Gasteiger partial charge in [0.05, 0.1) is 34.9 Å². The highest BCUT2D eigenvalue weighted by molar-refractivity contribution is 6.33. The Morgan fingerprint density at radius 3 is 2.62 bits per heavy atom. The summed E-state index contributed by atoms with van der Waals surface area (Å²) in [6.07, 6.45) is 0. The van der Waals surface area contributed by atoms with Crippen LogP contribution in [0.25, 0.3) is 0 Å². The Bertz CT molecular complexity index is 847. The highest BCUT2D eigenvalue weighted by atomic mass is 35.5. The molecule has 2 aromatic carbocycles. The number of nitrogens with one attached hydrogen (secondary N) is 2. The fourth-order valence-electron chi connectivity index (χ4n) is 2.23. The molecule has 0 bridgehead atoms. The molecule has 0 heterocycles. The van der Waals surface area contributed by atoms with Gasteiger partial charge in [0.1, 0.15) is 0 Å². The molecule has 7 heteroatoms. The molecule has 1 unspecified atom stereocenters. The van der Waals surface area contributed by atoms with E-state index in [1.165, 1.54) is 0 Å². The van der Waals surface area contributed by atoms with E-state index in [9.17, 15) is 9.59 Å². The molecule has 2 amide bonds. The summed E-state index contributed by atoms with van der Waals surface area (Å²) in [6.45, 7) is 1.73. The minimum Gasteiger partial charge on any atom is -0.325 e. The number of carbonyl (C=O) groups excluding carboxylic acids is 2. The van der Waals surface area contributed by atoms with Crippen molar-refractivity contribution in [3.8, 4) is 6.07 Å². The predicted octanol–water partition coefficient (Wildman–Crippen LogP) is 3.11. The topological polar surface area (TPSA) is 85.2 Å². The molecule has 2 N–H and O–H groups in total. The first-order valence-electron chi connectivity index (χ1n) is 7.96. The van der Waals surface area contributed by atoms with Crippen molar-refractivity contribution in [3.63, 3.8) is 0 Å². The molecule has 2 aromatic rings. The molecule has 134 valence electrons. The number of anilines is 2. The number of amides is 2. The number of halogens is 1. The van der Waals surface area contributed by atoms with Crippen LogP contribution in [0.5, 0.6) is 0 Å². The van der Waals surface area contributed by atoms with Crippen LogP contribution in [0.4, 0.5) is 11.4 Å². The van der Waals surface area contributed by atoms with E-state index in [0.29, 0.717) is 22.0 Å². The van der Waals surface area contributed by atoms with Crippen molar-refractivity contribution in [2.45, 2.75) is 13.0 Å². The summed E-state index contributed by atoms with van der Waals surface area (Å²) in [5.74, 6) is -0.542. The Morgan fingerprint density at radius 2 is 1.92 bits per heavy atom. The minimum atomic E-state index is -0.544. The normalized spacial score (nSPS) is 11.5. The second kappa shape index (κ2) is 8.99. The highest BCUT2D eigenvalue weighted by Crippen LogP contribution is 2.20. The van der Waals surface area contributed by atoms with E-state index in [0.717, 1.165) is 0 Å². The van der Waals surface area contributed by atoms with Crippen LogP contribution in [0.3, 0.4) is 0 Å². The van der Waals surface area contributed by atoms with Crippen LogP contribution in [0.15, 0.2) is 48.5 Å². The fraction of sp³-hybridized carbons (Fsp3) is 0.211. The Morgan fingerprint density at radius 1 is 1.19 bits per heavy atom. The third-order valence-electron chi connectivity index (χ3n) is 3.84. The van der Waals surface area contributed by atoms with Crippen LogP contribution in [0.1, 0.15) is 12.5 Å². The summed E-state index contributed by atoms with van der Waals surface area (Å²) in [7, 11) is 1.68. The maximum atomic E-state index is 12.4. The van der Waals surface area contributed by atoms with Crippen molar-refractivity contribution in [2.75, 3.05) is 24.2 Å². The number of carbonyl (C=O) groups is 2. The predicted molar refractivity (Wildman–Crippen MR) is 102 cm³/mol. The molecule has 0 spiro atoms.